The highest BCUT2D eigenvalue weighted by molar-refractivity contribution is 5.88. The van der Waals surface area contributed by atoms with Gasteiger partial charge in [-0.15, -0.1) is 0 Å². The monoisotopic (exact) mass is 395 g/mol. The van der Waals surface area contributed by atoms with Gasteiger partial charge in [0.2, 0.25) is 5.91 Å². The summed E-state index contributed by atoms with van der Waals surface area (Å²) in [5, 5.41) is 0.453. The number of hydrogen-bond donors (Lipinski definition) is 0. The van der Waals surface area contributed by atoms with Crippen molar-refractivity contribution in [1.29, 1.82) is 0 Å². The van der Waals surface area contributed by atoms with Gasteiger partial charge in [-0.05, 0) is 36.2 Å². The van der Waals surface area contributed by atoms with Crippen LogP contribution in [0, 0.1) is 5.82 Å². The van der Waals surface area contributed by atoms with Crippen molar-refractivity contribution >= 4 is 22.8 Å². The van der Waals surface area contributed by atoms with Gasteiger partial charge < -0.3 is 14.1 Å². The average molecular weight is 395 g/mol. The van der Waals surface area contributed by atoms with Crippen LogP contribution in [0.15, 0.2) is 63.8 Å². The van der Waals surface area contributed by atoms with E-state index in [1.54, 1.807) is 36.4 Å². The molecule has 7 heteroatoms. The average Bonchev–Trinajstić information content (AvgIpc) is 3.08. The molecule has 1 aliphatic rings. The second-order valence-electron chi connectivity index (χ2n) is 6.88. The highest BCUT2D eigenvalue weighted by Crippen LogP contribution is 2.23. The summed E-state index contributed by atoms with van der Waals surface area (Å²) in [6.45, 7) is -0.00206. The number of rotatable bonds is 5. The molecule has 1 amide bonds. The van der Waals surface area contributed by atoms with E-state index in [2.05, 4.69) is 0 Å². The molecule has 4 rings (SSSR count). The number of para-hydroxylation sites is 1. The molecule has 0 bridgehead atoms. The molecule has 2 heterocycles. The molecule has 0 radical (unpaired) electrons. The van der Waals surface area contributed by atoms with Gasteiger partial charge in [0.25, 0.3) is 0 Å². The molecule has 1 saturated heterocycles. The Kier molecular flexibility index (Phi) is 5.12. The Hall–Kier alpha value is -3.48. The molecule has 148 valence electrons. The Morgan fingerprint density at radius 1 is 1.14 bits per heavy atom. The van der Waals surface area contributed by atoms with Crippen LogP contribution in [0.25, 0.3) is 11.0 Å². The fourth-order valence-corrected chi connectivity index (χ4v) is 3.43. The SMILES string of the molecule is O=C(OCc1cc(=O)c2ccccc2o1)[C@@H]1CCC(=O)N1Cc1ccc(F)cc1. The Morgan fingerprint density at radius 3 is 2.69 bits per heavy atom. The molecule has 0 N–H and O–H groups in total. The third kappa shape index (κ3) is 4.03. The molecule has 1 aliphatic heterocycles. The fourth-order valence-electron chi connectivity index (χ4n) is 3.43. The summed E-state index contributed by atoms with van der Waals surface area (Å²) in [4.78, 5) is 38.4. The topological polar surface area (TPSA) is 76.8 Å². The zero-order valence-electron chi connectivity index (χ0n) is 15.5. The summed E-state index contributed by atoms with van der Waals surface area (Å²) >= 11 is 0. The largest absolute Gasteiger partial charge is 0.457 e. The first-order chi connectivity index (χ1) is 14.0. The quantitative estimate of drug-likeness (QED) is 0.620. The predicted molar refractivity (Wildman–Crippen MR) is 102 cm³/mol. The van der Waals surface area contributed by atoms with E-state index >= 15 is 0 Å². The van der Waals surface area contributed by atoms with Gasteiger partial charge in [0.15, 0.2) is 5.43 Å². The fraction of sp³-hybridized carbons (Fsp3) is 0.227. The van der Waals surface area contributed by atoms with E-state index in [0.717, 1.165) is 5.56 Å². The van der Waals surface area contributed by atoms with Crippen molar-refractivity contribution in [2.45, 2.75) is 32.0 Å². The molecule has 0 unspecified atom stereocenters. The van der Waals surface area contributed by atoms with Gasteiger partial charge in [-0.3, -0.25) is 9.59 Å². The number of fused-ring (bicyclic) bond motifs is 1. The molecule has 0 saturated carbocycles. The number of ether oxygens (including phenoxy) is 1. The van der Waals surface area contributed by atoms with Crippen LogP contribution < -0.4 is 5.43 Å². The number of benzene rings is 2. The van der Waals surface area contributed by atoms with E-state index in [-0.39, 0.29) is 42.5 Å². The van der Waals surface area contributed by atoms with Crippen LogP contribution in [-0.2, 0) is 27.5 Å². The van der Waals surface area contributed by atoms with Crippen LogP contribution in [0.4, 0.5) is 4.39 Å². The lowest BCUT2D eigenvalue weighted by Gasteiger charge is -2.23. The van der Waals surface area contributed by atoms with Crippen molar-refractivity contribution in [2.24, 2.45) is 0 Å². The van der Waals surface area contributed by atoms with Crippen molar-refractivity contribution in [2.75, 3.05) is 0 Å². The van der Waals surface area contributed by atoms with E-state index in [4.69, 9.17) is 9.15 Å². The lowest BCUT2D eigenvalue weighted by atomic mass is 10.2. The van der Waals surface area contributed by atoms with Crippen molar-refractivity contribution in [3.63, 3.8) is 0 Å². The first kappa shape index (κ1) is 18.9. The summed E-state index contributed by atoms with van der Waals surface area (Å²) in [7, 11) is 0. The van der Waals surface area contributed by atoms with Gasteiger partial charge >= 0.3 is 5.97 Å². The first-order valence-corrected chi connectivity index (χ1v) is 9.23. The number of carbonyl (C=O) groups excluding carboxylic acids is 2. The van der Waals surface area contributed by atoms with Gasteiger partial charge in [0, 0.05) is 19.0 Å². The van der Waals surface area contributed by atoms with Gasteiger partial charge in [0.1, 0.15) is 29.8 Å². The number of amides is 1. The molecule has 0 spiro atoms. The van der Waals surface area contributed by atoms with E-state index in [1.165, 1.54) is 23.1 Å². The summed E-state index contributed by atoms with van der Waals surface area (Å²) < 4.78 is 24.0. The summed E-state index contributed by atoms with van der Waals surface area (Å²) in [5.41, 5.74) is 0.923. The third-order valence-corrected chi connectivity index (χ3v) is 4.91. The molecule has 1 aromatic heterocycles. The highest BCUT2D eigenvalue weighted by atomic mass is 19.1. The molecule has 0 aliphatic carbocycles. The second kappa shape index (κ2) is 7.87. The van der Waals surface area contributed by atoms with E-state index in [1.807, 2.05) is 0 Å². The zero-order chi connectivity index (χ0) is 20.4. The minimum Gasteiger partial charge on any atom is -0.457 e. The minimum absolute atomic E-state index is 0.159. The number of likely N-dealkylation sites (tertiary alicyclic amines) is 1. The van der Waals surface area contributed by atoms with Gasteiger partial charge in [-0.2, -0.15) is 0 Å². The van der Waals surface area contributed by atoms with Crippen molar-refractivity contribution in [3.8, 4) is 0 Å². The molecular formula is C22H18FNO5. The second-order valence-corrected chi connectivity index (χ2v) is 6.88. The number of halogens is 1. The Morgan fingerprint density at radius 2 is 1.90 bits per heavy atom. The smallest absolute Gasteiger partial charge is 0.329 e. The van der Waals surface area contributed by atoms with Crippen LogP contribution >= 0.6 is 0 Å². The third-order valence-electron chi connectivity index (χ3n) is 4.91. The molecule has 1 fully saturated rings. The molecule has 29 heavy (non-hydrogen) atoms. The van der Waals surface area contributed by atoms with E-state index in [9.17, 15) is 18.8 Å². The number of hydrogen-bond acceptors (Lipinski definition) is 5. The van der Waals surface area contributed by atoms with Crippen LogP contribution in [-0.4, -0.2) is 22.8 Å². The zero-order valence-corrected chi connectivity index (χ0v) is 15.5. The van der Waals surface area contributed by atoms with E-state index < -0.39 is 12.0 Å². The van der Waals surface area contributed by atoms with Crippen molar-refractivity contribution < 1.29 is 23.1 Å². The van der Waals surface area contributed by atoms with Crippen LogP contribution in [0.2, 0.25) is 0 Å². The lowest BCUT2D eigenvalue weighted by molar-refractivity contribution is -0.153. The minimum atomic E-state index is -0.722. The predicted octanol–water partition coefficient (Wildman–Crippen LogP) is 3.17. The van der Waals surface area contributed by atoms with Gasteiger partial charge in [0.05, 0.1) is 5.39 Å². The first-order valence-electron chi connectivity index (χ1n) is 9.23. The maximum Gasteiger partial charge on any atom is 0.329 e. The lowest BCUT2D eigenvalue weighted by Crippen LogP contribution is -2.39. The Bertz CT molecular complexity index is 1120. The van der Waals surface area contributed by atoms with Crippen LogP contribution in [0.1, 0.15) is 24.2 Å². The summed E-state index contributed by atoms with van der Waals surface area (Å²) in [6.07, 6.45) is 0.590. The highest BCUT2D eigenvalue weighted by Gasteiger charge is 2.37. The molecular weight excluding hydrogens is 377 g/mol. The number of carbonyl (C=O) groups is 2. The summed E-state index contributed by atoms with van der Waals surface area (Å²) in [5.74, 6) is -0.854. The number of esters is 1. The molecule has 3 aromatic rings. The summed E-state index contributed by atoms with van der Waals surface area (Å²) in [6, 6.07) is 13.2. The van der Waals surface area contributed by atoms with Gasteiger partial charge in [-0.25, -0.2) is 9.18 Å². The standard InChI is InChI=1S/C22H18FNO5/c23-15-7-5-14(6-8-15)12-24-18(9-10-21(24)26)22(27)28-13-16-11-19(25)17-3-1-2-4-20(17)29-16/h1-8,11,18H,9-10,12-13H2/t18-/m0/s1. The number of nitrogens with zero attached hydrogens (tertiary/aromatic N) is 1. The van der Waals surface area contributed by atoms with Crippen LogP contribution in [0.5, 0.6) is 0 Å². The van der Waals surface area contributed by atoms with Crippen molar-refractivity contribution in [3.05, 3.63) is 82.0 Å². The maximum atomic E-state index is 13.1. The Balaban J connectivity index is 1.45. The molecule has 6 nitrogen and oxygen atoms in total. The van der Waals surface area contributed by atoms with Crippen molar-refractivity contribution in [1.82, 2.24) is 4.90 Å². The Labute approximate surface area is 165 Å². The molecule has 2 aromatic carbocycles. The van der Waals surface area contributed by atoms with Crippen LogP contribution in [0.3, 0.4) is 0 Å². The maximum absolute atomic E-state index is 13.1. The normalized spacial score (nSPS) is 16.4. The van der Waals surface area contributed by atoms with Gasteiger partial charge in [-0.1, -0.05) is 24.3 Å². The molecule has 1 atom stereocenters. The van der Waals surface area contributed by atoms with E-state index in [0.29, 0.717) is 17.4 Å².